The molecule has 0 radical (unpaired) electrons. The molecular weight excluding hydrogens is 301 g/mol. The van der Waals surface area contributed by atoms with Crippen LogP contribution in [0.5, 0.6) is 5.75 Å². The fourth-order valence-corrected chi connectivity index (χ4v) is 2.77. The fraction of sp³-hybridized carbons (Fsp3) is 0.500. The standard InChI is InChI=1S/C12H14INO/c13-10-3-1-2-9-11(14-8-4-5-8)6-7-15-12(9)10/h1-3,8,11,14H,4-7H2. The van der Waals surface area contributed by atoms with Crippen LogP contribution in [0.25, 0.3) is 0 Å². The SMILES string of the molecule is Ic1cccc2c1OCCC2NC1CC1. The number of rotatable bonds is 2. The van der Waals surface area contributed by atoms with Gasteiger partial charge in [-0.05, 0) is 41.5 Å². The van der Waals surface area contributed by atoms with Gasteiger partial charge in [0.25, 0.3) is 0 Å². The highest BCUT2D eigenvalue weighted by Crippen LogP contribution is 2.37. The lowest BCUT2D eigenvalue weighted by atomic mass is 10.0. The van der Waals surface area contributed by atoms with Crippen molar-refractivity contribution in [3.8, 4) is 5.75 Å². The molecule has 15 heavy (non-hydrogen) atoms. The van der Waals surface area contributed by atoms with Crippen molar-refractivity contribution in [1.82, 2.24) is 5.32 Å². The van der Waals surface area contributed by atoms with Crippen LogP contribution in [0.2, 0.25) is 0 Å². The minimum Gasteiger partial charge on any atom is -0.492 e. The van der Waals surface area contributed by atoms with E-state index in [1.807, 2.05) is 0 Å². The molecule has 1 aromatic rings. The van der Waals surface area contributed by atoms with Gasteiger partial charge in [0.1, 0.15) is 5.75 Å². The normalized spacial score (nSPS) is 24.5. The van der Waals surface area contributed by atoms with Crippen molar-refractivity contribution in [2.45, 2.75) is 31.3 Å². The molecule has 1 aliphatic carbocycles. The maximum absolute atomic E-state index is 5.74. The highest BCUT2D eigenvalue weighted by Gasteiger charge is 2.29. The quantitative estimate of drug-likeness (QED) is 0.848. The number of halogens is 1. The van der Waals surface area contributed by atoms with Gasteiger partial charge in [-0.25, -0.2) is 0 Å². The summed E-state index contributed by atoms with van der Waals surface area (Å²) in [7, 11) is 0. The van der Waals surface area contributed by atoms with E-state index in [-0.39, 0.29) is 0 Å². The number of hydrogen-bond donors (Lipinski definition) is 1. The van der Waals surface area contributed by atoms with E-state index in [2.05, 4.69) is 46.1 Å². The Kier molecular flexibility index (Phi) is 2.60. The first-order valence-corrected chi connectivity index (χ1v) is 6.60. The predicted molar refractivity (Wildman–Crippen MR) is 68.2 cm³/mol. The Balaban J connectivity index is 1.91. The van der Waals surface area contributed by atoms with Crippen LogP contribution in [0.15, 0.2) is 18.2 Å². The molecule has 2 aliphatic rings. The van der Waals surface area contributed by atoms with Crippen molar-refractivity contribution in [2.24, 2.45) is 0 Å². The molecule has 3 heteroatoms. The molecule has 1 atom stereocenters. The maximum atomic E-state index is 5.74. The van der Waals surface area contributed by atoms with Crippen LogP contribution in [0.4, 0.5) is 0 Å². The zero-order chi connectivity index (χ0) is 10.3. The smallest absolute Gasteiger partial charge is 0.137 e. The summed E-state index contributed by atoms with van der Waals surface area (Å²) < 4.78 is 6.97. The molecule has 1 saturated carbocycles. The highest BCUT2D eigenvalue weighted by atomic mass is 127. The summed E-state index contributed by atoms with van der Waals surface area (Å²) in [6.45, 7) is 0.845. The zero-order valence-electron chi connectivity index (χ0n) is 8.50. The number of benzene rings is 1. The second kappa shape index (κ2) is 3.94. The molecule has 0 aromatic heterocycles. The largest absolute Gasteiger partial charge is 0.492 e. The summed E-state index contributed by atoms with van der Waals surface area (Å²) in [5.41, 5.74) is 1.35. The predicted octanol–water partition coefficient (Wildman–Crippen LogP) is 2.87. The number of fused-ring (bicyclic) bond motifs is 1. The Morgan fingerprint density at radius 1 is 1.27 bits per heavy atom. The Morgan fingerprint density at radius 3 is 2.93 bits per heavy atom. The van der Waals surface area contributed by atoms with Crippen molar-refractivity contribution < 1.29 is 4.74 Å². The Morgan fingerprint density at radius 2 is 2.13 bits per heavy atom. The molecule has 1 unspecified atom stereocenters. The fourth-order valence-electron chi connectivity index (χ4n) is 2.09. The lowest BCUT2D eigenvalue weighted by Gasteiger charge is -2.27. The first-order valence-electron chi connectivity index (χ1n) is 5.52. The van der Waals surface area contributed by atoms with Crippen molar-refractivity contribution in [3.05, 3.63) is 27.3 Å². The van der Waals surface area contributed by atoms with Crippen molar-refractivity contribution in [2.75, 3.05) is 6.61 Å². The summed E-state index contributed by atoms with van der Waals surface area (Å²) in [5.74, 6) is 1.10. The van der Waals surface area contributed by atoms with Gasteiger partial charge < -0.3 is 10.1 Å². The molecule has 0 spiro atoms. The van der Waals surface area contributed by atoms with E-state index in [4.69, 9.17) is 4.74 Å². The molecule has 0 saturated heterocycles. The van der Waals surface area contributed by atoms with Crippen LogP contribution >= 0.6 is 22.6 Å². The van der Waals surface area contributed by atoms with Crippen LogP contribution in [-0.4, -0.2) is 12.6 Å². The third-order valence-electron chi connectivity index (χ3n) is 3.04. The van der Waals surface area contributed by atoms with Crippen LogP contribution in [0.3, 0.4) is 0 Å². The van der Waals surface area contributed by atoms with E-state index in [0.717, 1.165) is 24.8 Å². The minimum absolute atomic E-state index is 0.510. The van der Waals surface area contributed by atoms with E-state index in [1.165, 1.54) is 22.0 Å². The summed E-state index contributed by atoms with van der Waals surface area (Å²) >= 11 is 2.35. The lowest BCUT2D eigenvalue weighted by Crippen LogP contribution is -2.28. The van der Waals surface area contributed by atoms with E-state index < -0.39 is 0 Å². The van der Waals surface area contributed by atoms with Gasteiger partial charge in [0.05, 0.1) is 10.2 Å². The number of nitrogens with one attached hydrogen (secondary N) is 1. The van der Waals surface area contributed by atoms with E-state index in [1.54, 1.807) is 0 Å². The van der Waals surface area contributed by atoms with Gasteiger partial charge in [-0.1, -0.05) is 12.1 Å². The number of hydrogen-bond acceptors (Lipinski definition) is 2. The second-order valence-electron chi connectivity index (χ2n) is 4.29. The molecule has 80 valence electrons. The Hall–Kier alpha value is -0.290. The molecule has 1 heterocycles. The number of ether oxygens (including phenoxy) is 1. The first kappa shape index (κ1) is 9.90. The lowest BCUT2D eigenvalue weighted by molar-refractivity contribution is 0.250. The third kappa shape index (κ3) is 1.99. The van der Waals surface area contributed by atoms with Gasteiger partial charge in [0, 0.05) is 24.1 Å². The molecular formula is C12H14INO. The van der Waals surface area contributed by atoms with E-state index in [0.29, 0.717) is 6.04 Å². The van der Waals surface area contributed by atoms with Gasteiger partial charge in [0.15, 0.2) is 0 Å². The average molecular weight is 315 g/mol. The van der Waals surface area contributed by atoms with Crippen LogP contribution in [-0.2, 0) is 0 Å². The molecule has 1 aromatic carbocycles. The summed E-state index contributed by atoms with van der Waals surface area (Å²) in [5, 5.41) is 3.69. The summed E-state index contributed by atoms with van der Waals surface area (Å²) in [6.07, 6.45) is 3.79. The first-order chi connectivity index (χ1) is 7.34. The van der Waals surface area contributed by atoms with Crippen molar-refractivity contribution in [1.29, 1.82) is 0 Å². The van der Waals surface area contributed by atoms with Crippen molar-refractivity contribution >= 4 is 22.6 Å². The Labute approximate surface area is 104 Å². The van der Waals surface area contributed by atoms with Gasteiger partial charge >= 0.3 is 0 Å². The van der Waals surface area contributed by atoms with Crippen LogP contribution < -0.4 is 10.1 Å². The molecule has 1 fully saturated rings. The van der Waals surface area contributed by atoms with E-state index >= 15 is 0 Å². The summed E-state index contributed by atoms with van der Waals surface area (Å²) in [4.78, 5) is 0. The van der Waals surface area contributed by atoms with E-state index in [9.17, 15) is 0 Å². The zero-order valence-corrected chi connectivity index (χ0v) is 10.7. The van der Waals surface area contributed by atoms with Crippen molar-refractivity contribution in [3.63, 3.8) is 0 Å². The second-order valence-corrected chi connectivity index (χ2v) is 5.45. The van der Waals surface area contributed by atoms with Crippen LogP contribution in [0, 0.1) is 3.57 Å². The average Bonchev–Trinajstić information content (AvgIpc) is 3.04. The highest BCUT2D eigenvalue weighted by molar-refractivity contribution is 14.1. The van der Waals surface area contributed by atoms with Gasteiger partial charge in [-0.2, -0.15) is 0 Å². The summed E-state index contributed by atoms with van der Waals surface area (Å²) in [6, 6.07) is 7.70. The molecule has 0 bridgehead atoms. The third-order valence-corrected chi connectivity index (χ3v) is 3.89. The number of para-hydroxylation sites is 1. The Bertz CT molecular complexity index is 376. The monoisotopic (exact) mass is 315 g/mol. The topological polar surface area (TPSA) is 21.3 Å². The molecule has 2 nitrogen and oxygen atoms in total. The maximum Gasteiger partial charge on any atom is 0.137 e. The van der Waals surface area contributed by atoms with Gasteiger partial charge in [-0.15, -0.1) is 0 Å². The molecule has 1 N–H and O–H groups in total. The minimum atomic E-state index is 0.510. The van der Waals surface area contributed by atoms with Gasteiger partial charge in [-0.3, -0.25) is 0 Å². The van der Waals surface area contributed by atoms with Gasteiger partial charge in [0.2, 0.25) is 0 Å². The van der Waals surface area contributed by atoms with Crippen LogP contribution in [0.1, 0.15) is 30.9 Å². The molecule has 1 aliphatic heterocycles. The molecule has 0 amide bonds. The molecule has 3 rings (SSSR count).